The molecule has 1 aliphatic carbocycles. The Balaban J connectivity index is 2.12. The lowest BCUT2D eigenvalue weighted by molar-refractivity contribution is 0.0464. The molecule has 0 aliphatic heterocycles. The van der Waals surface area contributed by atoms with E-state index < -0.39 is 15.0 Å². The fourth-order valence-electron chi connectivity index (χ4n) is 2.05. The Morgan fingerprint density at radius 1 is 1.38 bits per heavy atom. The summed E-state index contributed by atoms with van der Waals surface area (Å²) in [5.41, 5.74) is -0.00676. The Hall–Kier alpha value is -0.300. The minimum atomic E-state index is -3.98. The number of esters is 1. The van der Waals surface area contributed by atoms with Gasteiger partial charge >= 0.3 is 5.97 Å². The third-order valence-corrected chi connectivity index (χ3v) is 6.08. The third kappa shape index (κ3) is 4.34. The van der Waals surface area contributed by atoms with Gasteiger partial charge in [-0.25, -0.2) is 13.2 Å². The van der Waals surface area contributed by atoms with Crippen molar-refractivity contribution in [2.45, 2.75) is 30.6 Å². The summed E-state index contributed by atoms with van der Waals surface area (Å²) >= 11 is 9.01. The van der Waals surface area contributed by atoms with Gasteiger partial charge in [-0.2, -0.15) is 0 Å². The molecule has 4 nitrogen and oxygen atoms in total. The van der Waals surface area contributed by atoms with E-state index in [1.165, 1.54) is 25.3 Å². The summed E-state index contributed by atoms with van der Waals surface area (Å²) in [5, 5.41) is 0.111. The highest BCUT2D eigenvalue weighted by Crippen LogP contribution is 2.32. The summed E-state index contributed by atoms with van der Waals surface area (Å²) in [7, 11) is 1.34. The first-order valence-corrected chi connectivity index (χ1v) is 9.88. The van der Waals surface area contributed by atoms with Gasteiger partial charge < -0.3 is 4.74 Å². The summed E-state index contributed by atoms with van der Waals surface area (Å²) in [5.74, 6) is -0.0228. The molecule has 1 fully saturated rings. The van der Waals surface area contributed by atoms with Crippen molar-refractivity contribution in [3.05, 3.63) is 27.2 Å². The Morgan fingerprint density at radius 3 is 2.57 bits per heavy atom. The van der Waals surface area contributed by atoms with Crippen LogP contribution in [0.25, 0.3) is 0 Å². The minimum Gasteiger partial charge on any atom is -0.462 e. The molecular weight excluding hydrogens is 403 g/mol. The second-order valence-electron chi connectivity index (χ2n) is 4.92. The maximum atomic E-state index is 12.0. The Labute approximate surface area is 141 Å². The monoisotopic (exact) mass is 414 g/mol. The van der Waals surface area contributed by atoms with Crippen molar-refractivity contribution in [2.24, 2.45) is 5.92 Å². The molecule has 0 aromatic heterocycles. The van der Waals surface area contributed by atoms with Crippen molar-refractivity contribution in [3.63, 3.8) is 0 Å². The molecule has 2 rings (SSSR count). The van der Waals surface area contributed by atoms with Crippen LogP contribution in [0.4, 0.5) is 0 Å². The number of hydrogen-bond acceptors (Lipinski definition) is 4. The first-order valence-electron chi connectivity index (χ1n) is 6.40. The van der Waals surface area contributed by atoms with Gasteiger partial charge in [0.25, 0.3) is 9.05 Å². The van der Waals surface area contributed by atoms with Gasteiger partial charge in [-0.15, -0.1) is 0 Å². The van der Waals surface area contributed by atoms with Crippen molar-refractivity contribution in [2.75, 3.05) is 6.61 Å². The zero-order valence-electron chi connectivity index (χ0n) is 10.9. The van der Waals surface area contributed by atoms with E-state index in [1.54, 1.807) is 0 Å². The van der Waals surface area contributed by atoms with Crippen LogP contribution in [-0.2, 0) is 13.8 Å². The van der Waals surface area contributed by atoms with Gasteiger partial charge in [0.2, 0.25) is 0 Å². The van der Waals surface area contributed by atoms with E-state index >= 15 is 0 Å². The number of ether oxygens (including phenoxy) is 1. The van der Waals surface area contributed by atoms with E-state index in [9.17, 15) is 13.2 Å². The highest BCUT2D eigenvalue weighted by Gasteiger charge is 2.22. The normalized spacial score (nSPS) is 15.6. The molecule has 1 aromatic rings. The molecule has 1 aromatic carbocycles. The first kappa shape index (κ1) is 17.1. The van der Waals surface area contributed by atoms with Crippen molar-refractivity contribution in [1.82, 2.24) is 0 Å². The maximum absolute atomic E-state index is 12.0. The molecule has 21 heavy (non-hydrogen) atoms. The van der Waals surface area contributed by atoms with Gasteiger partial charge in [0.05, 0.1) is 22.1 Å². The summed E-state index contributed by atoms with van der Waals surface area (Å²) in [6, 6.07) is 2.44. The van der Waals surface area contributed by atoms with Gasteiger partial charge in [0.15, 0.2) is 0 Å². The number of rotatable bonds is 5. The predicted molar refractivity (Wildman–Crippen MR) is 84.4 cm³/mol. The van der Waals surface area contributed by atoms with E-state index in [0.29, 0.717) is 12.5 Å². The molecule has 0 heterocycles. The van der Waals surface area contributed by atoms with Gasteiger partial charge in [-0.3, -0.25) is 0 Å². The number of halogens is 3. The van der Waals surface area contributed by atoms with Crippen LogP contribution in [0, 0.1) is 5.92 Å². The summed E-state index contributed by atoms with van der Waals surface area (Å²) in [4.78, 5) is 11.8. The molecule has 1 saturated carbocycles. The molecular formula is C13H13BrCl2O4S. The summed E-state index contributed by atoms with van der Waals surface area (Å²) in [6.07, 6.45) is 4.39. The zero-order valence-corrected chi connectivity index (χ0v) is 14.9. The highest BCUT2D eigenvalue weighted by molar-refractivity contribution is 9.10. The van der Waals surface area contributed by atoms with E-state index in [1.807, 2.05) is 0 Å². The molecule has 116 valence electrons. The first-order chi connectivity index (χ1) is 9.79. The van der Waals surface area contributed by atoms with Crippen molar-refractivity contribution < 1.29 is 17.9 Å². The molecule has 0 spiro atoms. The van der Waals surface area contributed by atoms with Gasteiger partial charge in [-0.05, 0) is 40.4 Å². The predicted octanol–water partition coefficient (Wildman–Crippen LogP) is 4.38. The van der Waals surface area contributed by atoms with E-state index in [2.05, 4.69) is 15.9 Å². The largest absolute Gasteiger partial charge is 0.462 e. The lowest BCUT2D eigenvalue weighted by Crippen LogP contribution is -2.16. The zero-order chi connectivity index (χ0) is 15.6. The lowest BCUT2D eigenvalue weighted by Gasteiger charge is -2.24. The smallest absolute Gasteiger partial charge is 0.339 e. The molecule has 0 amide bonds. The van der Waals surface area contributed by atoms with Crippen LogP contribution in [0.5, 0.6) is 0 Å². The van der Waals surface area contributed by atoms with Crippen LogP contribution < -0.4 is 0 Å². The van der Waals surface area contributed by atoms with E-state index in [-0.39, 0.29) is 20.0 Å². The third-order valence-electron chi connectivity index (χ3n) is 3.49. The van der Waals surface area contributed by atoms with Crippen molar-refractivity contribution in [3.8, 4) is 0 Å². The van der Waals surface area contributed by atoms with Crippen LogP contribution in [0.3, 0.4) is 0 Å². The standard InChI is InChI=1S/C13H13BrCl2O4S/c14-10-7-11(15)9(6-12(10)21(16,18)19)13(17)20-5-4-8-2-1-3-8/h6-8H,1-5H2. The quantitative estimate of drug-likeness (QED) is 0.528. The molecule has 0 unspecified atom stereocenters. The lowest BCUT2D eigenvalue weighted by atomic mass is 9.83. The Morgan fingerprint density at radius 2 is 2.05 bits per heavy atom. The van der Waals surface area contributed by atoms with Crippen molar-refractivity contribution >= 4 is 53.2 Å². The fourth-order valence-corrected chi connectivity index (χ4v) is 4.62. The number of benzene rings is 1. The molecule has 0 bridgehead atoms. The number of carbonyl (C=O) groups is 1. The fraction of sp³-hybridized carbons (Fsp3) is 0.462. The van der Waals surface area contributed by atoms with Crippen LogP contribution in [0.1, 0.15) is 36.0 Å². The average Bonchev–Trinajstić information content (AvgIpc) is 2.30. The molecule has 0 atom stereocenters. The van der Waals surface area contributed by atoms with Crippen molar-refractivity contribution in [1.29, 1.82) is 0 Å². The molecule has 0 radical (unpaired) electrons. The van der Waals surface area contributed by atoms with Gasteiger partial charge in [0, 0.05) is 15.2 Å². The maximum Gasteiger partial charge on any atom is 0.339 e. The van der Waals surface area contributed by atoms with Gasteiger partial charge in [0.1, 0.15) is 0 Å². The molecule has 0 saturated heterocycles. The van der Waals surface area contributed by atoms with Crippen LogP contribution in [0.2, 0.25) is 5.02 Å². The summed E-state index contributed by atoms with van der Waals surface area (Å²) in [6.45, 7) is 0.304. The number of hydrogen-bond donors (Lipinski definition) is 0. The van der Waals surface area contributed by atoms with E-state index in [0.717, 1.165) is 12.5 Å². The Kier molecular flexibility index (Phi) is 5.57. The Bertz CT molecular complexity index is 656. The minimum absolute atomic E-state index is 0.00676. The number of carbonyl (C=O) groups excluding carboxylic acids is 1. The molecule has 1 aliphatic rings. The van der Waals surface area contributed by atoms with E-state index in [4.69, 9.17) is 27.0 Å². The molecule has 0 N–H and O–H groups in total. The van der Waals surface area contributed by atoms with Crippen LogP contribution >= 0.6 is 38.2 Å². The highest BCUT2D eigenvalue weighted by atomic mass is 79.9. The average molecular weight is 416 g/mol. The second kappa shape index (κ2) is 6.86. The summed E-state index contributed by atoms with van der Waals surface area (Å²) < 4.78 is 28.2. The van der Waals surface area contributed by atoms with Gasteiger partial charge in [-0.1, -0.05) is 30.9 Å². The SMILES string of the molecule is O=C(OCCC1CCC1)c1cc(S(=O)(=O)Cl)c(Br)cc1Cl. The van der Waals surface area contributed by atoms with Crippen LogP contribution in [-0.4, -0.2) is 21.0 Å². The second-order valence-corrected chi connectivity index (χ2v) is 8.72. The topological polar surface area (TPSA) is 60.4 Å². The molecule has 8 heteroatoms. The van der Waals surface area contributed by atoms with Crippen LogP contribution in [0.15, 0.2) is 21.5 Å².